The van der Waals surface area contributed by atoms with E-state index in [1.807, 2.05) is 13.8 Å². The van der Waals surface area contributed by atoms with Crippen LogP contribution in [0.25, 0.3) is 0 Å². The van der Waals surface area contributed by atoms with Crippen LogP contribution in [-0.4, -0.2) is 117 Å². The summed E-state index contributed by atoms with van der Waals surface area (Å²) in [5, 5.41) is 4.67. The first kappa shape index (κ1) is 38.3. The van der Waals surface area contributed by atoms with Gasteiger partial charge in [-0.25, -0.2) is 4.79 Å². The van der Waals surface area contributed by atoms with Crippen LogP contribution < -0.4 is 15.5 Å². The fourth-order valence-corrected chi connectivity index (χ4v) is 5.19. The SMILES string of the molecule is CC(=O)OC[C@H](COP(=O)([O-])OCCNC(=O)OCCOCCNC(=O)CCN1C(=O)CC(SC(C)C)C1=O)OC(C)=O. The Kier molecular flexibility index (Phi) is 18.0. The van der Waals surface area contributed by atoms with Crippen LogP contribution in [0.4, 0.5) is 4.79 Å². The number of phosphoric acid groups is 1. The summed E-state index contributed by atoms with van der Waals surface area (Å²) in [6.07, 6.45) is -1.91. The monoisotopic (exact) mass is 656 g/mol. The molecule has 0 aromatic rings. The molecular formula is C24H39N3O14PS-. The summed E-state index contributed by atoms with van der Waals surface area (Å²) in [6, 6.07) is 0. The zero-order valence-corrected chi connectivity index (χ0v) is 26.2. The maximum atomic E-state index is 12.3. The number of nitrogens with zero attached hydrogens (tertiary/aromatic N) is 1. The van der Waals surface area contributed by atoms with Crippen molar-refractivity contribution in [2.24, 2.45) is 0 Å². The molecule has 0 spiro atoms. The summed E-state index contributed by atoms with van der Waals surface area (Å²) in [6.45, 7) is 4.51. The van der Waals surface area contributed by atoms with Gasteiger partial charge in [-0.3, -0.25) is 33.4 Å². The fourth-order valence-electron chi connectivity index (χ4n) is 3.32. The third-order valence-electron chi connectivity index (χ3n) is 5.08. The van der Waals surface area contributed by atoms with Gasteiger partial charge in [0.1, 0.15) is 13.2 Å². The smallest absolute Gasteiger partial charge is 0.407 e. The number of hydrogen-bond donors (Lipinski definition) is 2. The van der Waals surface area contributed by atoms with Gasteiger partial charge < -0.3 is 43.5 Å². The molecule has 19 heteroatoms. The van der Waals surface area contributed by atoms with E-state index in [0.717, 1.165) is 18.7 Å². The topological polar surface area (TPSA) is 225 Å². The lowest BCUT2D eigenvalue weighted by atomic mass is 10.3. The molecule has 2 N–H and O–H groups in total. The number of imide groups is 1. The Morgan fingerprint density at radius 2 is 1.67 bits per heavy atom. The number of amides is 4. The maximum Gasteiger partial charge on any atom is 0.407 e. The molecule has 0 aromatic heterocycles. The molecular weight excluding hydrogens is 617 g/mol. The average molecular weight is 657 g/mol. The largest absolute Gasteiger partial charge is 0.756 e. The summed E-state index contributed by atoms with van der Waals surface area (Å²) in [4.78, 5) is 83.0. The Labute approximate surface area is 253 Å². The lowest BCUT2D eigenvalue weighted by Gasteiger charge is -2.25. The van der Waals surface area contributed by atoms with Crippen LogP contribution in [0.5, 0.6) is 0 Å². The molecule has 3 atom stereocenters. The highest BCUT2D eigenvalue weighted by atomic mass is 32.2. The maximum absolute atomic E-state index is 12.3. The van der Waals surface area contributed by atoms with Gasteiger partial charge in [0.25, 0.3) is 7.82 Å². The van der Waals surface area contributed by atoms with E-state index < -0.39 is 57.0 Å². The zero-order valence-electron chi connectivity index (χ0n) is 24.5. The summed E-state index contributed by atoms with van der Waals surface area (Å²) >= 11 is 1.43. The molecule has 1 saturated heterocycles. The molecule has 0 bridgehead atoms. The fraction of sp³-hybridized carbons (Fsp3) is 0.750. The first-order valence-corrected chi connectivity index (χ1v) is 15.8. The van der Waals surface area contributed by atoms with Crippen LogP contribution in [0.2, 0.25) is 0 Å². The first-order chi connectivity index (χ1) is 20.2. The van der Waals surface area contributed by atoms with E-state index in [-0.39, 0.29) is 75.3 Å². The second-order valence-corrected chi connectivity index (χ2v) is 12.3. The summed E-state index contributed by atoms with van der Waals surface area (Å²) in [5.74, 6) is -2.29. The van der Waals surface area contributed by atoms with Gasteiger partial charge >= 0.3 is 18.0 Å². The zero-order chi connectivity index (χ0) is 32.4. The van der Waals surface area contributed by atoms with E-state index in [9.17, 15) is 38.2 Å². The molecule has 0 aromatic carbocycles. The van der Waals surface area contributed by atoms with Gasteiger partial charge in [0.2, 0.25) is 17.7 Å². The van der Waals surface area contributed by atoms with Crippen molar-refractivity contribution in [3.05, 3.63) is 0 Å². The van der Waals surface area contributed by atoms with Crippen molar-refractivity contribution in [1.82, 2.24) is 15.5 Å². The number of nitrogens with one attached hydrogen (secondary N) is 2. The number of thioether (sulfide) groups is 1. The van der Waals surface area contributed by atoms with Crippen LogP contribution in [0.3, 0.4) is 0 Å². The summed E-state index contributed by atoms with van der Waals surface area (Å²) in [5.41, 5.74) is 0. The first-order valence-electron chi connectivity index (χ1n) is 13.4. The van der Waals surface area contributed by atoms with Crippen molar-refractivity contribution in [3.8, 4) is 0 Å². The van der Waals surface area contributed by atoms with Crippen molar-refractivity contribution in [3.63, 3.8) is 0 Å². The molecule has 4 amide bonds. The second-order valence-electron chi connectivity index (χ2n) is 9.15. The molecule has 17 nitrogen and oxygen atoms in total. The standard InChI is InChI=1S/C24H40N3O14PS/c1-16(2)43-20-13-22(31)27(23(20)32)8-5-21(30)25-6-9-36-11-12-37-24(33)26-7-10-39-42(34,35)40-15-19(41-18(4)29)14-38-17(3)28/h16,19-20H,5-15H2,1-4H3,(H,25,30)(H,26,33)(H,34,35)/p-1/t19-,20?/m1/s1. The van der Waals surface area contributed by atoms with Crippen molar-refractivity contribution >= 4 is 55.3 Å². The number of hydrogen-bond acceptors (Lipinski definition) is 15. The van der Waals surface area contributed by atoms with E-state index in [4.69, 9.17) is 14.2 Å². The van der Waals surface area contributed by atoms with E-state index in [0.29, 0.717) is 0 Å². The quantitative estimate of drug-likeness (QED) is 0.0522. The van der Waals surface area contributed by atoms with Gasteiger partial charge in [0.15, 0.2) is 6.10 Å². The normalized spacial score (nSPS) is 16.9. The lowest BCUT2D eigenvalue weighted by molar-refractivity contribution is -0.228. The number of phosphoric ester groups is 1. The van der Waals surface area contributed by atoms with Crippen molar-refractivity contribution in [2.75, 3.05) is 59.3 Å². The minimum Gasteiger partial charge on any atom is -0.756 e. The van der Waals surface area contributed by atoms with E-state index in [1.165, 1.54) is 11.8 Å². The van der Waals surface area contributed by atoms with Crippen LogP contribution in [0.15, 0.2) is 0 Å². The summed E-state index contributed by atoms with van der Waals surface area (Å²) < 4.78 is 40.6. The van der Waals surface area contributed by atoms with Gasteiger partial charge in [-0.2, -0.15) is 0 Å². The van der Waals surface area contributed by atoms with Crippen molar-refractivity contribution in [2.45, 2.75) is 57.1 Å². The number of carbonyl (C=O) groups excluding carboxylic acids is 6. The molecule has 0 radical (unpaired) electrons. The van der Waals surface area contributed by atoms with Crippen molar-refractivity contribution in [1.29, 1.82) is 0 Å². The number of rotatable bonds is 21. The van der Waals surface area contributed by atoms with E-state index in [1.54, 1.807) is 0 Å². The van der Waals surface area contributed by atoms with Gasteiger partial charge in [0, 0.05) is 46.3 Å². The summed E-state index contributed by atoms with van der Waals surface area (Å²) in [7, 11) is -4.82. The van der Waals surface area contributed by atoms with Crippen LogP contribution >= 0.6 is 19.6 Å². The molecule has 2 unspecified atom stereocenters. The third-order valence-corrected chi connectivity index (χ3v) is 7.28. The highest BCUT2D eigenvalue weighted by Crippen LogP contribution is 2.38. The van der Waals surface area contributed by atoms with Gasteiger partial charge in [0.05, 0.1) is 31.7 Å². The molecule has 1 aliphatic rings. The molecule has 1 aliphatic heterocycles. The van der Waals surface area contributed by atoms with E-state index >= 15 is 0 Å². The molecule has 0 saturated carbocycles. The van der Waals surface area contributed by atoms with Crippen LogP contribution in [0.1, 0.15) is 40.5 Å². The minimum absolute atomic E-state index is 0.0150. The third kappa shape index (κ3) is 17.8. The molecule has 1 heterocycles. The lowest BCUT2D eigenvalue weighted by Crippen LogP contribution is -2.36. The Hall–Kier alpha value is -2.76. The Bertz CT molecular complexity index is 1010. The predicted octanol–water partition coefficient (Wildman–Crippen LogP) is -0.499. The number of carbonyl (C=O) groups is 6. The number of ether oxygens (including phenoxy) is 4. The Balaban J connectivity index is 2.10. The highest BCUT2D eigenvalue weighted by Gasteiger charge is 2.39. The molecule has 43 heavy (non-hydrogen) atoms. The van der Waals surface area contributed by atoms with Gasteiger partial charge in [-0.1, -0.05) is 13.8 Å². The number of likely N-dealkylation sites (tertiary alicyclic amines) is 1. The number of alkyl carbamates (subject to hydrolysis) is 1. The minimum atomic E-state index is -4.82. The van der Waals surface area contributed by atoms with Gasteiger partial charge in [-0.05, 0) is 5.25 Å². The number of esters is 2. The Morgan fingerprint density at radius 3 is 2.33 bits per heavy atom. The Morgan fingerprint density at radius 1 is 0.977 bits per heavy atom. The molecule has 1 fully saturated rings. The van der Waals surface area contributed by atoms with Crippen molar-refractivity contribution < 1.29 is 66.2 Å². The van der Waals surface area contributed by atoms with Crippen LogP contribution in [0, 0.1) is 0 Å². The predicted molar refractivity (Wildman–Crippen MR) is 147 cm³/mol. The van der Waals surface area contributed by atoms with Gasteiger partial charge in [-0.15, -0.1) is 11.8 Å². The molecule has 246 valence electrons. The molecule has 0 aliphatic carbocycles. The second kappa shape index (κ2) is 20.2. The molecule has 1 rings (SSSR count). The van der Waals surface area contributed by atoms with Crippen LogP contribution in [-0.2, 0) is 56.5 Å². The average Bonchev–Trinajstić information content (AvgIpc) is 3.17. The van der Waals surface area contributed by atoms with E-state index in [2.05, 4.69) is 24.4 Å². The highest BCUT2D eigenvalue weighted by molar-refractivity contribution is 8.01.